The Hall–Kier alpha value is -2.99. The van der Waals surface area contributed by atoms with Gasteiger partial charge in [0, 0.05) is 19.7 Å². The first-order valence-corrected chi connectivity index (χ1v) is 10.3. The quantitative estimate of drug-likeness (QED) is 0.773. The van der Waals surface area contributed by atoms with Crippen molar-refractivity contribution in [2.75, 3.05) is 19.7 Å². The van der Waals surface area contributed by atoms with Crippen LogP contribution in [0.2, 0.25) is 0 Å². The van der Waals surface area contributed by atoms with Gasteiger partial charge in [0.25, 0.3) is 11.8 Å². The smallest absolute Gasteiger partial charge is 0.278 e. The molecule has 1 atom stereocenters. The minimum Gasteiger partial charge on any atom is -0.396 e. The summed E-state index contributed by atoms with van der Waals surface area (Å²) in [6.07, 6.45) is 1.76. The Morgan fingerprint density at radius 2 is 1.73 bits per heavy atom. The average molecular weight is 408 g/mol. The molecule has 0 aromatic heterocycles. The molecule has 0 radical (unpaired) electrons. The monoisotopic (exact) mass is 408 g/mol. The van der Waals surface area contributed by atoms with E-state index in [1.165, 1.54) is 17.0 Å². The molecule has 0 bridgehead atoms. The highest BCUT2D eigenvalue weighted by atomic mass is 19.1. The zero-order valence-electron chi connectivity index (χ0n) is 17.0. The summed E-state index contributed by atoms with van der Waals surface area (Å²) in [6.45, 7) is 3.34. The second kappa shape index (κ2) is 8.40. The topological polar surface area (TPSA) is 60.9 Å². The third-order valence-electron chi connectivity index (χ3n) is 5.83. The zero-order valence-corrected chi connectivity index (χ0v) is 17.0. The van der Waals surface area contributed by atoms with Crippen LogP contribution in [-0.4, -0.2) is 46.4 Å². The lowest BCUT2D eigenvalue weighted by Crippen LogP contribution is -2.40. The molecule has 30 heavy (non-hydrogen) atoms. The summed E-state index contributed by atoms with van der Waals surface area (Å²) in [4.78, 5) is 30.0. The fraction of sp³-hybridized carbons (Fsp3) is 0.333. The van der Waals surface area contributed by atoms with Gasteiger partial charge in [-0.25, -0.2) is 4.39 Å². The van der Waals surface area contributed by atoms with Crippen LogP contribution in [0.15, 0.2) is 54.2 Å². The highest BCUT2D eigenvalue weighted by molar-refractivity contribution is 6.35. The van der Waals surface area contributed by atoms with Crippen molar-refractivity contribution in [2.45, 2.75) is 26.3 Å². The maximum absolute atomic E-state index is 13.4. The van der Waals surface area contributed by atoms with E-state index in [1.54, 1.807) is 12.1 Å². The zero-order chi connectivity index (χ0) is 21.3. The summed E-state index contributed by atoms with van der Waals surface area (Å²) in [5.41, 5.74) is 3.28. The molecule has 6 heteroatoms. The number of rotatable bonds is 5. The van der Waals surface area contributed by atoms with Gasteiger partial charge in [-0.1, -0.05) is 42.0 Å². The lowest BCUT2D eigenvalue weighted by molar-refractivity contribution is -0.138. The third kappa shape index (κ3) is 3.87. The molecule has 0 saturated carbocycles. The molecule has 5 nitrogen and oxygen atoms in total. The van der Waals surface area contributed by atoms with Crippen molar-refractivity contribution >= 4 is 17.4 Å². The van der Waals surface area contributed by atoms with Crippen LogP contribution < -0.4 is 0 Å². The first-order valence-electron chi connectivity index (χ1n) is 10.3. The van der Waals surface area contributed by atoms with Crippen LogP contribution >= 0.6 is 0 Å². The number of hydrogen-bond acceptors (Lipinski definition) is 4. The van der Waals surface area contributed by atoms with Gasteiger partial charge in [0.2, 0.25) is 0 Å². The predicted molar refractivity (Wildman–Crippen MR) is 111 cm³/mol. The van der Waals surface area contributed by atoms with Crippen LogP contribution in [0.5, 0.6) is 0 Å². The van der Waals surface area contributed by atoms with Crippen LogP contribution in [0.1, 0.15) is 29.5 Å². The van der Waals surface area contributed by atoms with E-state index in [9.17, 15) is 19.1 Å². The van der Waals surface area contributed by atoms with E-state index < -0.39 is 0 Å². The van der Waals surface area contributed by atoms with Gasteiger partial charge in [-0.3, -0.25) is 14.5 Å². The molecule has 0 spiro atoms. The Kier molecular flexibility index (Phi) is 5.68. The normalized spacial score (nSPS) is 19.8. The number of aliphatic hydroxyl groups is 1. The first-order chi connectivity index (χ1) is 14.5. The molecule has 1 saturated heterocycles. The molecule has 2 heterocycles. The van der Waals surface area contributed by atoms with Crippen LogP contribution in [0.3, 0.4) is 0 Å². The van der Waals surface area contributed by atoms with Crippen molar-refractivity contribution in [3.05, 3.63) is 76.7 Å². The SMILES string of the molecule is Cc1ccc(C2=C(N3CCCC(CO)C3)C(=O)N(Cc3ccc(F)cc3)C2=O)cc1. The second-order valence-electron chi connectivity index (χ2n) is 8.05. The number of likely N-dealkylation sites (tertiary alicyclic amines) is 1. The second-order valence-corrected chi connectivity index (χ2v) is 8.05. The number of hydrogen-bond donors (Lipinski definition) is 1. The van der Waals surface area contributed by atoms with Crippen molar-refractivity contribution in [3.8, 4) is 0 Å². The largest absolute Gasteiger partial charge is 0.396 e. The maximum Gasteiger partial charge on any atom is 0.278 e. The molecular formula is C24H25FN2O3. The van der Waals surface area contributed by atoms with E-state index in [4.69, 9.17) is 0 Å². The van der Waals surface area contributed by atoms with Gasteiger partial charge >= 0.3 is 0 Å². The fourth-order valence-electron chi connectivity index (χ4n) is 4.17. The molecule has 2 aliphatic rings. The van der Waals surface area contributed by atoms with E-state index in [0.717, 1.165) is 18.4 Å². The minimum absolute atomic E-state index is 0.0606. The van der Waals surface area contributed by atoms with E-state index >= 15 is 0 Å². The molecule has 1 fully saturated rings. The van der Waals surface area contributed by atoms with Crippen LogP contribution in [0.4, 0.5) is 4.39 Å². The van der Waals surface area contributed by atoms with Crippen LogP contribution in [-0.2, 0) is 16.1 Å². The minimum atomic E-state index is -0.361. The van der Waals surface area contributed by atoms with Crippen molar-refractivity contribution < 1.29 is 19.1 Å². The van der Waals surface area contributed by atoms with E-state index in [0.29, 0.717) is 35.5 Å². The summed E-state index contributed by atoms with van der Waals surface area (Å²) in [7, 11) is 0. The number of aryl methyl sites for hydroxylation is 1. The first kappa shape index (κ1) is 20.3. The number of piperidine rings is 1. The van der Waals surface area contributed by atoms with Gasteiger partial charge in [-0.15, -0.1) is 0 Å². The summed E-state index contributed by atoms with van der Waals surface area (Å²) in [5, 5.41) is 9.62. The van der Waals surface area contributed by atoms with E-state index in [2.05, 4.69) is 0 Å². The highest BCUT2D eigenvalue weighted by Crippen LogP contribution is 2.34. The predicted octanol–water partition coefficient (Wildman–Crippen LogP) is 3.12. The van der Waals surface area contributed by atoms with Crippen LogP contribution in [0, 0.1) is 18.7 Å². The van der Waals surface area contributed by atoms with Crippen molar-refractivity contribution in [1.82, 2.24) is 9.80 Å². The third-order valence-corrected chi connectivity index (χ3v) is 5.83. The molecule has 2 aromatic carbocycles. The maximum atomic E-state index is 13.4. The Bertz CT molecular complexity index is 983. The number of halogens is 1. The number of benzene rings is 2. The number of imide groups is 1. The Balaban J connectivity index is 1.72. The van der Waals surface area contributed by atoms with Gasteiger partial charge in [0.15, 0.2) is 0 Å². The molecule has 4 rings (SSSR count). The lowest BCUT2D eigenvalue weighted by atomic mass is 9.96. The van der Waals surface area contributed by atoms with Gasteiger partial charge in [0.05, 0.1) is 12.1 Å². The van der Waals surface area contributed by atoms with Gasteiger partial charge in [-0.2, -0.15) is 0 Å². The number of carbonyl (C=O) groups excluding carboxylic acids is 2. The van der Waals surface area contributed by atoms with E-state index in [-0.39, 0.29) is 36.7 Å². The van der Waals surface area contributed by atoms with Gasteiger partial charge < -0.3 is 10.0 Å². The molecule has 156 valence electrons. The Morgan fingerprint density at radius 1 is 1.03 bits per heavy atom. The number of carbonyl (C=O) groups is 2. The van der Waals surface area contributed by atoms with Gasteiger partial charge in [-0.05, 0) is 48.9 Å². The van der Waals surface area contributed by atoms with Crippen molar-refractivity contribution in [1.29, 1.82) is 0 Å². The molecule has 1 unspecified atom stereocenters. The standard InChI is InChI=1S/C24H25FN2O3/c1-16-4-8-19(9-5-16)21-22(26-12-2-3-18(13-26)15-28)24(30)27(23(21)29)14-17-6-10-20(25)11-7-17/h4-11,18,28H,2-3,12-15H2,1H3. The molecule has 2 amide bonds. The Morgan fingerprint density at radius 3 is 2.40 bits per heavy atom. The number of nitrogens with zero attached hydrogens (tertiary/aromatic N) is 2. The van der Waals surface area contributed by atoms with Crippen LogP contribution in [0.25, 0.3) is 5.57 Å². The summed E-state index contributed by atoms with van der Waals surface area (Å²) >= 11 is 0. The highest BCUT2D eigenvalue weighted by Gasteiger charge is 2.42. The van der Waals surface area contributed by atoms with E-state index in [1.807, 2.05) is 36.1 Å². The molecule has 1 N–H and O–H groups in total. The average Bonchev–Trinajstić information content (AvgIpc) is 3.00. The number of aliphatic hydroxyl groups excluding tert-OH is 1. The lowest BCUT2D eigenvalue weighted by Gasteiger charge is -2.34. The Labute approximate surface area is 175 Å². The van der Waals surface area contributed by atoms with Crippen molar-refractivity contribution in [3.63, 3.8) is 0 Å². The molecule has 2 aliphatic heterocycles. The molecular weight excluding hydrogens is 383 g/mol. The fourth-order valence-corrected chi connectivity index (χ4v) is 4.17. The molecule has 2 aromatic rings. The van der Waals surface area contributed by atoms with Crippen molar-refractivity contribution in [2.24, 2.45) is 5.92 Å². The molecule has 0 aliphatic carbocycles. The number of amides is 2. The summed E-state index contributed by atoms with van der Waals surface area (Å²) in [5.74, 6) is -0.951. The summed E-state index contributed by atoms with van der Waals surface area (Å²) in [6, 6.07) is 13.4. The summed E-state index contributed by atoms with van der Waals surface area (Å²) < 4.78 is 13.3. The van der Waals surface area contributed by atoms with Gasteiger partial charge in [0.1, 0.15) is 11.5 Å².